The second-order valence-electron chi connectivity index (χ2n) is 6.14. The number of carbonyl (C=O) groups excluding carboxylic acids is 1. The molecule has 1 unspecified atom stereocenters. The second-order valence-corrected chi connectivity index (χ2v) is 6.14. The first-order valence-corrected chi connectivity index (χ1v) is 8.46. The number of oxazole rings is 1. The molecule has 24 heavy (non-hydrogen) atoms. The Morgan fingerprint density at radius 3 is 3.00 bits per heavy atom. The Labute approximate surface area is 142 Å². The van der Waals surface area contributed by atoms with Crippen molar-refractivity contribution in [1.82, 2.24) is 15.2 Å². The number of amides is 1. The van der Waals surface area contributed by atoms with Crippen LogP contribution in [0.4, 0.5) is 0 Å². The molecule has 2 aromatic rings. The molecule has 3 rings (SSSR count). The molecular formula is C18H24N4O2. The van der Waals surface area contributed by atoms with Crippen molar-refractivity contribution in [3.05, 3.63) is 42.4 Å². The van der Waals surface area contributed by atoms with E-state index < -0.39 is 0 Å². The van der Waals surface area contributed by atoms with Crippen molar-refractivity contribution in [1.29, 1.82) is 0 Å². The molecule has 0 aliphatic carbocycles. The molecule has 1 aliphatic rings. The van der Waals surface area contributed by atoms with E-state index in [0.717, 1.165) is 37.3 Å². The highest BCUT2D eigenvalue weighted by Crippen LogP contribution is 2.22. The van der Waals surface area contributed by atoms with E-state index in [2.05, 4.69) is 15.2 Å². The summed E-state index contributed by atoms with van der Waals surface area (Å²) in [6, 6.07) is 9.94. The van der Waals surface area contributed by atoms with Crippen molar-refractivity contribution >= 4 is 5.91 Å². The highest BCUT2D eigenvalue weighted by molar-refractivity contribution is 5.78. The minimum absolute atomic E-state index is 0.0221. The first-order valence-electron chi connectivity index (χ1n) is 8.46. The molecule has 128 valence electrons. The van der Waals surface area contributed by atoms with Crippen LogP contribution in [-0.4, -0.2) is 42.0 Å². The van der Waals surface area contributed by atoms with E-state index in [1.807, 2.05) is 30.3 Å². The maximum Gasteiger partial charge on any atom is 0.224 e. The fourth-order valence-corrected chi connectivity index (χ4v) is 3.06. The van der Waals surface area contributed by atoms with Gasteiger partial charge in [0.05, 0.1) is 18.7 Å². The molecule has 1 atom stereocenters. The molecule has 6 heteroatoms. The molecule has 2 heterocycles. The molecule has 0 bridgehead atoms. The van der Waals surface area contributed by atoms with Crippen LogP contribution in [0.2, 0.25) is 0 Å². The summed E-state index contributed by atoms with van der Waals surface area (Å²) in [7, 11) is 0. The lowest BCUT2D eigenvalue weighted by atomic mass is 9.97. The Balaban J connectivity index is 1.58. The van der Waals surface area contributed by atoms with Gasteiger partial charge in [-0.2, -0.15) is 0 Å². The number of benzene rings is 1. The number of nitrogens with one attached hydrogen (secondary N) is 1. The smallest absolute Gasteiger partial charge is 0.224 e. The van der Waals surface area contributed by atoms with Gasteiger partial charge in [-0.1, -0.05) is 30.3 Å². The molecule has 0 radical (unpaired) electrons. The van der Waals surface area contributed by atoms with Gasteiger partial charge in [0.1, 0.15) is 0 Å². The SMILES string of the molecule is NCCNC(=O)C1CCCN(Cc2ncc(-c3ccccc3)o2)C1. The number of likely N-dealkylation sites (tertiary alicyclic amines) is 1. The lowest BCUT2D eigenvalue weighted by Crippen LogP contribution is -2.43. The molecule has 3 N–H and O–H groups in total. The number of piperidine rings is 1. The van der Waals surface area contributed by atoms with Gasteiger partial charge in [-0.3, -0.25) is 9.69 Å². The zero-order valence-electron chi connectivity index (χ0n) is 13.8. The summed E-state index contributed by atoms with van der Waals surface area (Å²) in [5, 5.41) is 2.88. The zero-order chi connectivity index (χ0) is 16.8. The predicted octanol–water partition coefficient (Wildman–Crippen LogP) is 1.63. The summed E-state index contributed by atoms with van der Waals surface area (Å²) in [6.45, 7) is 3.34. The van der Waals surface area contributed by atoms with Crippen molar-refractivity contribution in [3.8, 4) is 11.3 Å². The second kappa shape index (κ2) is 8.08. The van der Waals surface area contributed by atoms with Gasteiger partial charge in [0.15, 0.2) is 5.76 Å². The molecule has 0 saturated carbocycles. The van der Waals surface area contributed by atoms with Crippen molar-refractivity contribution in [3.63, 3.8) is 0 Å². The fraction of sp³-hybridized carbons (Fsp3) is 0.444. The molecule has 1 amide bonds. The summed E-state index contributed by atoms with van der Waals surface area (Å²) in [6.07, 6.45) is 3.70. The summed E-state index contributed by atoms with van der Waals surface area (Å²) in [5.74, 6) is 1.59. The van der Waals surface area contributed by atoms with Crippen molar-refractivity contribution < 1.29 is 9.21 Å². The van der Waals surface area contributed by atoms with Gasteiger partial charge in [0.2, 0.25) is 11.8 Å². The van der Waals surface area contributed by atoms with Crippen LogP contribution >= 0.6 is 0 Å². The first kappa shape index (κ1) is 16.7. The van der Waals surface area contributed by atoms with E-state index in [4.69, 9.17) is 10.2 Å². The number of carbonyl (C=O) groups is 1. The highest BCUT2D eigenvalue weighted by Gasteiger charge is 2.26. The van der Waals surface area contributed by atoms with E-state index in [1.165, 1.54) is 0 Å². The largest absolute Gasteiger partial charge is 0.439 e. The van der Waals surface area contributed by atoms with Crippen LogP contribution in [0.3, 0.4) is 0 Å². The summed E-state index contributed by atoms with van der Waals surface area (Å²) in [4.78, 5) is 18.7. The van der Waals surface area contributed by atoms with E-state index in [1.54, 1.807) is 6.20 Å². The third kappa shape index (κ3) is 4.21. The van der Waals surface area contributed by atoms with Gasteiger partial charge in [0.25, 0.3) is 0 Å². The van der Waals surface area contributed by atoms with Gasteiger partial charge >= 0.3 is 0 Å². The van der Waals surface area contributed by atoms with E-state index >= 15 is 0 Å². The van der Waals surface area contributed by atoms with Crippen LogP contribution in [0.25, 0.3) is 11.3 Å². The van der Waals surface area contributed by atoms with Gasteiger partial charge in [0, 0.05) is 25.2 Å². The van der Waals surface area contributed by atoms with Crippen LogP contribution in [0.1, 0.15) is 18.7 Å². The Bertz CT molecular complexity index is 656. The zero-order valence-corrected chi connectivity index (χ0v) is 13.8. The fourth-order valence-electron chi connectivity index (χ4n) is 3.06. The van der Waals surface area contributed by atoms with E-state index in [9.17, 15) is 4.79 Å². The third-order valence-electron chi connectivity index (χ3n) is 4.29. The average molecular weight is 328 g/mol. The van der Waals surface area contributed by atoms with E-state index in [0.29, 0.717) is 25.5 Å². The van der Waals surface area contributed by atoms with E-state index in [-0.39, 0.29) is 11.8 Å². The summed E-state index contributed by atoms with van der Waals surface area (Å²) < 4.78 is 5.86. The lowest BCUT2D eigenvalue weighted by molar-refractivity contribution is -0.126. The Hall–Kier alpha value is -2.18. The maximum atomic E-state index is 12.1. The van der Waals surface area contributed by atoms with Gasteiger partial charge in [-0.25, -0.2) is 4.98 Å². The first-order chi connectivity index (χ1) is 11.8. The van der Waals surface area contributed by atoms with Gasteiger partial charge in [-0.15, -0.1) is 0 Å². The molecule has 1 fully saturated rings. The summed E-state index contributed by atoms with van der Waals surface area (Å²) in [5.41, 5.74) is 6.46. The Kier molecular flexibility index (Phi) is 5.61. The molecule has 1 aliphatic heterocycles. The van der Waals surface area contributed by atoms with Crippen LogP contribution in [-0.2, 0) is 11.3 Å². The van der Waals surface area contributed by atoms with Gasteiger partial charge < -0.3 is 15.5 Å². The minimum Gasteiger partial charge on any atom is -0.439 e. The van der Waals surface area contributed by atoms with Crippen molar-refractivity contribution in [2.24, 2.45) is 11.7 Å². The normalized spacial score (nSPS) is 18.5. The number of nitrogens with zero attached hydrogens (tertiary/aromatic N) is 2. The molecule has 0 spiro atoms. The number of nitrogens with two attached hydrogens (primary N) is 1. The topological polar surface area (TPSA) is 84.4 Å². The van der Waals surface area contributed by atoms with Crippen molar-refractivity contribution in [2.75, 3.05) is 26.2 Å². The molecular weight excluding hydrogens is 304 g/mol. The monoisotopic (exact) mass is 328 g/mol. The molecule has 6 nitrogen and oxygen atoms in total. The predicted molar refractivity (Wildman–Crippen MR) is 92.0 cm³/mol. The van der Waals surface area contributed by atoms with Crippen molar-refractivity contribution in [2.45, 2.75) is 19.4 Å². The molecule has 1 saturated heterocycles. The average Bonchev–Trinajstić information content (AvgIpc) is 3.09. The van der Waals surface area contributed by atoms with Crippen LogP contribution in [0.15, 0.2) is 40.9 Å². The number of hydrogen-bond acceptors (Lipinski definition) is 5. The molecule has 1 aromatic carbocycles. The van der Waals surface area contributed by atoms with Crippen LogP contribution in [0, 0.1) is 5.92 Å². The number of rotatable bonds is 6. The van der Waals surface area contributed by atoms with Crippen LogP contribution in [0.5, 0.6) is 0 Å². The quantitative estimate of drug-likeness (QED) is 0.842. The van der Waals surface area contributed by atoms with Crippen LogP contribution < -0.4 is 11.1 Å². The van der Waals surface area contributed by atoms with Gasteiger partial charge in [-0.05, 0) is 19.4 Å². The minimum atomic E-state index is 0.0221. The Morgan fingerprint density at radius 2 is 2.21 bits per heavy atom. The highest BCUT2D eigenvalue weighted by atomic mass is 16.4. The maximum absolute atomic E-state index is 12.1. The number of aromatic nitrogens is 1. The standard InChI is InChI=1S/C18H24N4O2/c19-8-9-20-18(23)15-7-4-10-22(12-15)13-17-21-11-16(24-17)14-5-2-1-3-6-14/h1-3,5-6,11,15H,4,7-10,12-13,19H2,(H,20,23). The lowest BCUT2D eigenvalue weighted by Gasteiger charge is -2.31. The molecule has 1 aromatic heterocycles. The third-order valence-corrected chi connectivity index (χ3v) is 4.29. The Morgan fingerprint density at radius 1 is 1.38 bits per heavy atom. The number of hydrogen-bond donors (Lipinski definition) is 2. The summed E-state index contributed by atoms with van der Waals surface area (Å²) >= 11 is 0.